The SMILES string of the molecule is CC(C)(C)[C@@H]1COC([C@@H]2Cc3ccccc3N2P(c2ccccc2)c2ccccc2)=N1. The molecule has 158 valence electrons. The van der Waals surface area contributed by atoms with Crippen LogP contribution in [-0.2, 0) is 11.2 Å². The molecule has 0 unspecified atom stereocenters. The fraction of sp³-hybridized carbons (Fsp3) is 0.296. The molecule has 0 spiro atoms. The molecule has 2 aliphatic rings. The van der Waals surface area contributed by atoms with Crippen LogP contribution in [0.1, 0.15) is 26.3 Å². The molecule has 0 radical (unpaired) electrons. The van der Waals surface area contributed by atoms with Crippen LogP contribution in [-0.4, -0.2) is 24.6 Å². The Balaban J connectivity index is 1.63. The Kier molecular flexibility index (Phi) is 5.32. The summed E-state index contributed by atoms with van der Waals surface area (Å²) in [6.45, 7) is 7.41. The summed E-state index contributed by atoms with van der Waals surface area (Å²) < 4.78 is 8.87. The summed E-state index contributed by atoms with van der Waals surface area (Å²) in [6, 6.07) is 30.9. The number of anilines is 1. The van der Waals surface area contributed by atoms with Gasteiger partial charge in [-0.2, -0.15) is 0 Å². The summed E-state index contributed by atoms with van der Waals surface area (Å²) in [5.74, 6) is 0.899. The lowest BCUT2D eigenvalue weighted by molar-refractivity contribution is 0.232. The van der Waals surface area contributed by atoms with Gasteiger partial charge < -0.3 is 9.41 Å². The number of nitrogens with zero attached hydrogens (tertiary/aromatic N) is 2. The molecule has 3 nitrogen and oxygen atoms in total. The summed E-state index contributed by atoms with van der Waals surface area (Å²) in [4.78, 5) is 5.11. The molecule has 0 bridgehead atoms. The van der Waals surface area contributed by atoms with Crippen LogP contribution in [0, 0.1) is 5.41 Å². The van der Waals surface area contributed by atoms with Crippen molar-refractivity contribution in [3.05, 3.63) is 90.5 Å². The van der Waals surface area contributed by atoms with Gasteiger partial charge in [0.05, 0.1) is 14.1 Å². The van der Waals surface area contributed by atoms with Crippen molar-refractivity contribution in [2.75, 3.05) is 11.3 Å². The van der Waals surface area contributed by atoms with Gasteiger partial charge in [-0.15, -0.1) is 0 Å². The van der Waals surface area contributed by atoms with Crippen LogP contribution in [0.3, 0.4) is 0 Å². The van der Waals surface area contributed by atoms with Crippen LogP contribution in [0.2, 0.25) is 0 Å². The molecule has 4 heteroatoms. The predicted octanol–water partition coefficient (Wildman–Crippen LogP) is 5.31. The molecule has 2 heterocycles. The van der Waals surface area contributed by atoms with Crippen LogP contribution >= 0.6 is 8.07 Å². The second-order valence-electron chi connectivity index (χ2n) is 9.34. The van der Waals surface area contributed by atoms with Crippen molar-refractivity contribution in [1.29, 1.82) is 0 Å². The number of para-hydroxylation sites is 1. The molecule has 3 aromatic carbocycles. The molecule has 0 saturated carbocycles. The summed E-state index contributed by atoms with van der Waals surface area (Å²) in [5.41, 5.74) is 2.77. The lowest BCUT2D eigenvalue weighted by Gasteiger charge is -2.35. The lowest BCUT2D eigenvalue weighted by Crippen LogP contribution is -2.40. The maximum atomic E-state index is 6.28. The first-order valence-corrected chi connectivity index (χ1v) is 12.3. The van der Waals surface area contributed by atoms with Crippen LogP contribution in [0.15, 0.2) is 89.9 Å². The van der Waals surface area contributed by atoms with Gasteiger partial charge in [0.2, 0.25) is 5.90 Å². The zero-order valence-corrected chi connectivity index (χ0v) is 19.3. The minimum absolute atomic E-state index is 0.0988. The average Bonchev–Trinajstić information content (AvgIpc) is 3.41. The smallest absolute Gasteiger partial charge is 0.207 e. The number of ether oxygens (including phenoxy) is 1. The molecule has 3 aromatic rings. The molecule has 0 fully saturated rings. The third-order valence-corrected chi connectivity index (χ3v) is 8.62. The molecule has 0 saturated heterocycles. The van der Waals surface area contributed by atoms with Gasteiger partial charge in [-0.05, 0) is 17.0 Å². The predicted molar refractivity (Wildman–Crippen MR) is 132 cm³/mol. The van der Waals surface area contributed by atoms with Gasteiger partial charge in [0.15, 0.2) is 0 Å². The zero-order chi connectivity index (χ0) is 21.4. The van der Waals surface area contributed by atoms with E-state index in [1.165, 1.54) is 21.9 Å². The summed E-state index contributed by atoms with van der Waals surface area (Å²) in [6.07, 6.45) is 0.935. The highest BCUT2D eigenvalue weighted by atomic mass is 31.1. The first kappa shape index (κ1) is 20.3. The van der Waals surface area contributed by atoms with E-state index in [2.05, 4.69) is 110 Å². The van der Waals surface area contributed by atoms with Crippen molar-refractivity contribution in [3.63, 3.8) is 0 Å². The second kappa shape index (κ2) is 8.13. The van der Waals surface area contributed by atoms with E-state index in [0.717, 1.165) is 12.3 Å². The van der Waals surface area contributed by atoms with E-state index in [4.69, 9.17) is 9.73 Å². The van der Waals surface area contributed by atoms with Gasteiger partial charge in [0, 0.05) is 22.7 Å². The van der Waals surface area contributed by atoms with Crippen molar-refractivity contribution in [1.82, 2.24) is 0 Å². The van der Waals surface area contributed by atoms with Gasteiger partial charge in [0.1, 0.15) is 12.6 Å². The van der Waals surface area contributed by atoms with Gasteiger partial charge in [-0.1, -0.05) is 99.6 Å². The third kappa shape index (κ3) is 3.88. The standard InChI is InChI=1S/C27H29N2OP/c1-27(2,3)25-19-30-26(28-25)24-18-20-12-10-11-17-23(20)29(24)31(21-13-6-4-7-14-21)22-15-8-5-9-16-22/h4-17,24-25H,18-19H2,1-3H3/t24-,25-/m0/s1. The van der Waals surface area contributed by atoms with Crippen LogP contribution in [0.5, 0.6) is 0 Å². The Morgan fingerprint density at radius 2 is 1.42 bits per heavy atom. The maximum Gasteiger partial charge on any atom is 0.207 e. The molecule has 2 atom stereocenters. The molecule has 0 amide bonds. The fourth-order valence-electron chi connectivity index (χ4n) is 4.36. The number of rotatable bonds is 4. The molecular weight excluding hydrogens is 399 g/mol. The fourth-order valence-corrected chi connectivity index (χ4v) is 6.94. The van der Waals surface area contributed by atoms with Crippen molar-refractivity contribution < 1.29 is 4.74 Å². The molecule has 31 heavy (non-hydrogen) atoms. The van der Waals surface area contributed by atoms with E-state index < -0.39 is 8.07 Å². The van der Waals surface area contributed by atoms with Crippen molar-refractivity contribution >= 4 is 30.3 Å². The van der Waals surface area contributed by atoms with Gasteiger partial charge in [-0.3, -0.25) is 0 Å². The Hall–Kier alpha value is -2.64. The van der Waals surface area contributed by atoms with Crippen LogP contribution in [0.25, 0.3) is 0 Å². The zero-order valence-electron chi connectivity index (χ0n) is 18.4. The highest BCUT2D eigenvalue weighted by molar-refractivity contribution is 7.74. The van der Waals surface area contributed by atoms with E-state index in [0.29, 0.717) is 6.61 Å². The minimum Gasteiger partial charge on any atom is -0.477 e. The Labute approximate surface area is 186 Å². The monoisotopic (exact) mass is 428 g/mol. The number of fused-ring (bicyclic) bond motifs is 1. The number of aliphatic imine (C=N–C) groups is 1. The minimum atomic E-state index is -0.764. The van der Waals surface area contributed by atoms with Gasteiger partial charge in [-0.25, -0.2) is 4.99 Å². The van der Waals surface area contributed by atoms with Gasteiger partial charge in [0.25, 0.3) is 0 Å². The lowest BCUT2D eigenvalue weighted by atomic mass is 9.88. The molecule has 2 aliphatic heterocycles. The number of benzene rings is 3. The first-order chi connectivity index (χ1) is 15.0. The molecule has 0 aromatic heterocycles. The topological polar surface area (TPSA) is 24.8 Å². The van der Waals surface area contributed by atoms with Crippen molar-refractivity contribution in [2.45, 2.75) is 39.3 Å². The summed E-state index contributed by atoms with van der Waals surface area (Å²) in [7, 11) is -0.764. The molecular formula is C27H29N2OP. The normalized spacial score (nSPS) is 20.5. The largest absolute Gasteiger partial charge is 0.477 e. The molecule has 0 aliphatic carbocycles. The maximum absolute atomic E-state index is 6.28. The third-order valence-electron chi connectivity index (χ3n) is 6.12. The van der Waals surface area contributed by atoms with Crippen molar-refractivity contribution in [3.8, 4) is 0 Å². The average molecular weight is 429 g/mol. The quantitative estimate of drug-likeness (QED) is 0.526. The van der Waals surface area contributed by atoms with Gasteiger partial charge >= 0.3 is 0 Å². The van der Waals surface area contributed by atoms with Crippen LogP contribution < -0.4 is 15.3 Å². The molecule has 0 N–H and O–H groups in total. The highest BCUT2D eigenvalue weighted by Crippen LogP contribution is 2.50. The number of hydrogen-bond acceptors (Lipinski definition) is 3. The number of hydrogen-bond donors (Lipinski definition) is 0. The Bertz CT molecular complexity index is 1040. The van der Waals surface area contributed by atoms with Crippen molar-refractivity contribution in [2.24, 2.45) is 10.4 Å². The molecule has 5 rings (SSSR count). The first-order valence-electron chi connectivity index (χ1n) is 11.0. The summed E-state index contributed by atoms with van der Waals surface area (Å²) >= 11 is 0. The summed E-state index contributed by atoms with van der Waals surface area (Å²) in [5, 5.41) is 2.69. The van der Waals surface area contributed by atoms with E-state index >= 15 is 0 Å². The van der Waals surface area contributed by atoms with Crippen LogP contribution in [0.4, 0.5) is 5.69 Å². The van der Waals surface area contributed by atoms with E-state index in [1.54, 1.807) is 0 Å². The highest BCUT2D eigenvalue weighted by Gasteiger charge is 2.42. The van der Waals surface area contributed by atoms with E-state index in [-0.39, 0.29) is 17.5 Å². The van der Waals surface area contributed by atoms with E-state index in [9.17, 15) is 0 Å². The Morgan fingerprint density at radius 1 is 0.839 bits per heavy atom. The Morgan fingerprint density at radius 3 is 2.00 bits per heavy atom. The van der Waals surface area contributed by atoms with E-state index in [1.807, 2.05) is 0 Å². The second-order valence-corrected chi connectivity index (χ2v) is 11.4.